The van der Waals surface area contributed by atoms with Crippen molar-refractivity contribution >= 4 is 22.9 Å². The van der Waals surface area contributed by atoms with Crippen LogP contribution >= 0.6 is 0 Å². The highest BCUT2D eigenvalue weighted by Gasteiger charge is 2.28. The lowest BCUT2D eigenvalue weighted by Gasteiger charge is -2.28. The Morgan fingerprint density at radius 1 is 1.13 bits per heavy atom. The van der Waals surface area contributed by atoms with E-state index in [1.165, 1.54) is 6.07 Å². The average molecular weight is 421 g/mol. The summed E-state index contributed by atoms with van der Waals surface area (Å²) in [5.74, 6) is 0.195. The molecule has 7 nitrogen and oxygen atoms in total. The number of aromatic nitrogens is 2. The summed E-state index contributed by atoms with van der Waals surface area (Å²) in [4.78, 5) is 32.2. The second-order valence-corrected chi connectivity index (χ2v) is 8.36. The van der Waals surface area contributed by atoms with E-state index in [-0.39, 0.29) is 23.4 Å². The van der Waals surface area contributed by atoms with Gasteiger partial charge in [-0.15, -0.1) is 0 Å². The zero-order valence-electron chi connectivity index (χ0n) is 17.4. The number of carbonyl (C=O) groups is 2. The van der Waals surface area contributed by atoms with Crippen molar-refractivity contribution in [3.8, 4) is 0 Å². The summed E-state index contributed by atoms with van der Waals surface area (Å²) < 4.78 is 0. The maximum atomic E-state index is 13.1. The van der Waals surface area contributed by atoms with Crippen LogP contribution in [0.1, 0.15) is 53.5 Å². The number of hydrogen-bond donors (Lipinski definition) is 4. The van der Waals surface area contributed by atoms with Crippen LogP contribution in [0, 0.1) is 11.8 Å². The molecule has 1 amide bonds. The number of H-pyrrole nitrogens is 1. The molecule has 0 aliphatic heterocycles. The number of carboxylic acids is 1. The van der Waals surface area contributed by atoms with Crippen LogP contribution in [0.25, 0.3) is 11.0 Å². The Morgan fingerprint density at radius 2 is 1.87 bits per heavy atom. The van der Waals surface area contributed by atoms with Crippen LogP contribution in [0.3, 0.4) is 0 Å². The van der Waals surface area contributed by atoms with E-state index < -0.39 is 5.97 Å². The number of nitrogens with zero attached hydrogens (tertiary/aromatic N) is 1. The molecule has 1 fully saturated rings. The van der Waals surface area contributed by atoms with E-state index in [1.54, 1.807) is 12.1 Å². The number of nitrogens with two attached hydrogens (primary N) is 1. The van der Waals surface area contributed by atoms with Crippen LogP contribution in [0.4, 0.5) is 0 Å². The van der Waals surface area contributed by atoms with Crippen molar-refractivity contribution in [2.45, 2.75) is 38.1 Å². The number of amides is 1. The predicted molar refractivity (Wildman–Crippen MR) is 119 cm³/mol. The van der Waals surface area contributed by atoms with Gasteiger partial charge in [-0.2, -0.15) is 0 Å². The maximum absolute atomic E-state index is 13.1. The van der Waals surface area contributed by atoms with E-state index >= 15 is 0 Å². The van der Waals surface area contributed by atoms with Crippen molar-refractivity contribution in [2.75, 3.05) is 6.54 Å². The number of aromatic amines is 1. The van der Waals surface area contributed by atoms with Crippen LogP contribution in [0.5, 0.6) is 0 Å². The molecular formula is C24H28N4O3. The monoisotopic (exact) mass is 420 g/mol. The van der Waals surface area contributed by atoms with Gasteiger partial charge in [-0.3, -0.25) is 4.79 Å². The van der Waals surface area contributed by atoms with E-state index in [1.807, 2.05) is 30.3 Å². The quantitative estimate of drug-likeness (QED) is 0.467. The molecule has 2 aromatic carbocycles. The van der Waals surface area contributed by atoms with Crippen LogP contribution in [0.15, 0.2) is 48.5 Å². The third kappa shape index (κ3) is 4.94. The zero-order chi connectivity index (χ0) is 21.8. The number of nitrogens with one attached hydrogen (secondary N) is 2. The van der Waals surface area contributed by atoms with Crippen LogP contribution in [0.2, 0.25) is 0 Å². The molecule has 162 valence electrons. The molecule has 0 bridgehead atoms. The van der Waals surface area contributed by atoms with Gasteiger partial charge in [0.25, 0.3) is 0 Å². The molecule has 0 spiro atoms. The first-order chi connectivity index (χ1) is 15.0. The predicted octanol–water partition coefficient (Wildman–Crippen LogP) is 3.43. The highest BCUT2D eigenvalue weighted by molar-refractivity contribution is 5.92. The molecule has 31 heavy (non-hydrogen) atoms. The Balaban J connectivity index is 1.57. The first-order valence-electron chi connectivity index (χ1n) is 10.8. The maximum Gasteiger partial charge on any atom is 0.335 e. The molecule has 3 aromatic rings. The van der Waals surface area contributed by atoms with Crippen molar-refractivity contribution in [3.05, 3.63) is 65.5 Å². The second-order valence-electron chi connectivity index (χ2n) is 8.36. The molecule has 7 heteroatoms. The van der Waals surface area contributed by atoms with Gasteiger partial charge in [-0.05, 0) is 68.3 Å². The van der Waals surface area contributed by atoms with E-state index in [4.69, 9.17) is 5.73 Å². The molecule has 0 radical (unpaired) electrons. The fourth-order valence-electron chi connectivity index (χ4n) is 4.34. The molecule has 1 heterocycles. The number of benzene rings is 2. The van der Waals surface area contributed by atoms with E-state index in [9.17, 15) is 14.7 Å². The van der Waals surface area contributed by atoms with Gasteiger partial charge in [0.05, 0.1) is 22.6 Å². The number of carboxylic acid groups (broad SMARTS) is 1. The number of hydrogen-bond acceptors (Lipinski definition) is 4. The SMILES string of the molecule is NCC1CCC(C(=O)N[C@@H](Cc2ccccc2)c2nc3ccc(C(=O)O)cc3[nH]2)CC1. The zero-order valence-corrected chi connectivity index (χ0v) is 17.4. The van der Waals surface area contributed by atoms with Gasteiger partial charge in [-0.1, -0.05) is 30.3 Å². The number of rotatable bonds is 7. The van der Waals surface area contributed by atoms with E-state index in [0.717, 1.165) is 31.2 Å². The molecular weight excluding hydrogens is 392 g/mol. The van der Waals surface area contributed by atoms with Crippen molar-refractivity contribution in [1.82, 2.24) is 15.3 Å². The smallest absolute Gasteiger partial charge is 0.335 e. The minimum absolute atomic E-state index is 0.0101. The van der Waals surface area contributed by atoms with Gasteiger partial charge in [0.15, 0.2) is 0 Å². The molecule has 0 saturated heterocycles. The van der Waals surface area contributed by atoms with Gasteiger partial charge in [-0.25, -0.2) is 9.78 Å². The summed E-state index contributed by atoms with van der Waals surface area (Å²) >= 11 is 0. The van der Waals surface area contributed by atoms with Crippen LogP contribution in [-0.2, 0) is 11.2 Å². The molecule has 0 unspecified atom stereocenters. The Morgan fingerprint density at radius 3 is 2.55 bits per heavy atom. The van der Waals surface area contributed by atoms with Gasteiger partial charge < -0.3 is 21.1 Å². The molecule has 5 N–H and O–H groups in total. The van der Waals surface area contributed by atoms with E-state index in [2.05, 4.69) is 15.3 Å². The van der Waals surface area contributed by atoms with Gasteiger partial charge in [0.2, 0.25) is 5.91 Å². The summed E-state index contributed by atoms with van der Waals surface area (Å²) in [5.41, 5.74) is 8.39. The lowest BCUT2D eigenvalue weighted by atomic mass is 9.81. The Labute approximate surface area is 181 Å². The van der Waals surface area contributed by atoms with Crippen molar-refractivity contribution in [3.63, 3.8) is 0 Å². The van der Waals surface area contributed by atoms with Gasteiger partial charge in [0, 0.05) is 5.92 Å². The fourth-order valence-corrected chi connectivity index (χ4v) is 4.34. The normalized spacial score (nSPS) is 19.8. The minimum Gasteiger partial charge on any atom is -0.478 e. The molecule has 1 aromatic heterocycles. The van der Waals surface area contributed by atoms with Crippen molar-refractivity contribution < 1.29 is 14.7 Å². The minimum atomic E-state index is -0.986. The fraction of sp³-hybridized carbons (Fsp3) is 0.375. The summed E-state index contributed by atoms with van der Waals surface area (Å²) in [6.07, 6.45) is 4.28. The highest BCUT2D eigenvalue weighted by Crippen LogP contribution is 2.29. The topological polar surface area (TPSA) is 121 Å². The molecule has 1 aliphatic carbocycles. The largest absolute Gasteiger partial charge is 0.478 e. The highest BCUT2D eigenvalue weighted by atomic mass is 16.4. The number of aromatic carboxylic acids is 1. The first-order valence-corrected chi connectivity index (χ1v) is 10.8. The summed E-state index contributed by atoms with van der Waals surface area (Å²) in [6.45, 7) is 0.683. The van der Waals surface area contributed by atoms with Gasteiger partial charge in [0.1, 0.15) is 5.82 Å². The number of imidazole rings is 1. The summed E-state index contributed by atoms with van der Waals surface area (Å²) in [5, 5.41) is 12.5. The molecule has 4 rings (SSSR count). The average Bonchev–Trinajstić information content (AvgIpc) is 3.22. The first kappa shape index (κ1) is 21.1. The molecule has 1 aliphatic rings. The molecule has 1 atom stereocenters. The number of carbonyl (C=O) groups excluding carboxylic acids is 1. The Bertz CT molecular complexity index is 1060. The summed E-state index contributed by atoms with van der Waals surface area (Å²) in [6, 6.07) is 14.4. The Hall–Kier alpha value is -3.19. The van der Waals surface area contributed by atoms with Gasteiger partial charge >= 0.3 is 5.97 Å². The third-order valence-corrected chi connectivity index (χ3v) is 6.23. The van der Waals surface area contributed by atoms with Crippen LogP contribution in [-0.4, -0.2) is 33.5 Å². The van der Waals surface area contributed by atoms with E-state index in [0.29, 0.717) is 35.7 Å². The Kier molecular flexibility index (Phi) is 6.32. The number of fused-ring (bicyclic) bond motifs is 1. The molecule has 1 saturated carbocycles. The van der Waals surface area contributed by atoms with Crippen LogP contribution < -0.4 is 11.1 Å². The van der Waals surface area contributed by atoms with Crippen molar-refractivity contribution in [1.29, 1.82) is 0 Å². The lowest BCUT2D eigenvalue weighted by Crippen LogP contribution is -2.37. The standard InChI is InChI=1S/C24H28N4O3/c25-14-16-6-8-17(9-7-16)23(29)28-21(12-15-4-2-1-3-5-15)22-26-19-11-10-18(24(30)31)13-20(19)27-22/h1-5,10-11,13,16-17,21H,6-9,12,14,25H2,(H,26,27)(H,28,29)(H,30,31)/t16?,17?,21-/m0/s1. The second kappa shape index (κ2) is 9.31. The van der Waals surface area contributed by atoms with Crippen molar-refractivity contribution in [2.24, 2.45) is 17.6 Å². The lowest BCUT2D eigenvalue weighted by molar-refractivity contribution is -0.127. The third-order valence-electron chi connectivity index (χ3n) is 6.23. The summed E-state index contributed by atoms with van der Waals surface area (Å²) in [7, 11) is 0.